The molecular formula is C15H21N5OS. The predicted octanol–water partition coefficient (Wildman–Crippen LogP) is 1.78. The Labute approximate surface area is 134 Å². The minimum atomic E-state index is 0.149. The van der Waals surface area contributed by atoms with Crippen LogP contribution in [0.4, 0.5) is 0 Å². The summed E-state index contributed by atoms with van der Waals surface area (Å²) < 4.78 is 0. The van der Waals surface area contributed by atoms with Crippen LogP contribution < -0.4 is 0 Å². The fraction of sp³-hybridized carbons (Fsp3) is 0.533. The van der Waals surface area contributed by atoms with Crippen LogP contribution in [0, 0.1) is 0 Å². The first-order chi connectivity index (χ1) is 10.8. The van der Waals surface area contributed by atoms with Crippen LogP contribution in [-0.4, -0.2) is 57.1 Å². The van der Waals surface area contributed by atoms with Crippen LogP contribution in [0.1, 0.15) is 35.4 Å². The van der Waals surface area contributed by atoms with E-state index in [-0.39, 0.29) is 5.91 Å². The molecular weight excluding hydrogens is 298 g/mol. The molecule has 118 valence electrons. The summed E-state index contributed by atoms with van der Waals surface area (Å²) in [5, 5.41) is 11.0. The number of nitrogens with one attached hydrogen (secondary N) is 1. The molecule has 1 aliphatic rings. The van der Waals surface area contributed by atoms with E-state index >= 15 is 0 Å². The summed E-state index contributed by atoms with van der Waals surface area (Å²) in [6, 6.07) is 1.90. The van der Waals surface area contributed by atoms with Gasteiger partial charge in [0.15, 0.2) is 0 Å². The molecule has 0 aliphatic carbocycles. The molecule has 1 saturated heterocycles. The zero-order valence-electron chi connectivity index (χ0n) is 12.8. The zero-order chi connectivity index (χ0) is 15.4. The smallest absolute Gasteiger partial charge is 0.254 e. The highest BCUT2D eigenvalue weighted by Gasteiger charge is 2.21. The fourth-order valence-corrected chi connectivity index (χ4v) is 3.31. The molecule has 0 aromatic carbocycles. The highest BCUT2D eigenvalue weighted by molar-refractivity contribution is 7.08. The molecule has 1 N–H and O–H groups in total. The van der Waals surface area contributed by atoms with Gasteiger partial charge in [-0.15, -0.1) is 0 Å². The number of amides is 1. The van der Waals surface area contributed by atoms with Gasteiger partial charge >= 0.3 is 0 Å². The van der Waals surface area contributed by atoms with Crippen LogP contribution in [0.5, 0.6) is 0 Å². The van der Waals surface area contributed by atoms with Crippen molar-refractivity contribution in [3.63, 3.8) is 0 Å². The van der Waals surface area contributed by atoms with Crippen molar-refractivity contribution in [1.82, 2.24) is 25.0 Å². The van der Waals surface area contributed by atoms with Crippen LogP contribution in [0.3, 0.4) is 0 Å². The normalized spacial score (nSPS) is 16.7. The number of rotatable bonds is 4. The molecule has 1 amide bonds. The number of aromatic nitrogens is 3. The SMILES string of the molecule is CCc1n[nH]c(CN2CCCN(C(=O)c3ccsc3)CC2)n1. The van der Waals surface area contributed by atoms with Gasteiger partial charge in [-0.2, -0.15) is 16.4 Å². The summed E-state index contributed by atoms with van der Waals surface area (Å²) in [6.45, 7) is 6.26. The summed E-state index contributed by atoms with van der Waals surface area (Å²) in [5.41, 5.74) is 0.807. The lowest BCUT2D eigenvalue weighted by Crippen LogP contribution is -2.35. The fourth-order valence-electron chi connectivity index (χ4n) is 2.68. The van der Waals surface area contributed by atoms with E-state index in [9.17, 15) is 4.79 Å². The number of H-pyrrole nitrogens is 1. The molecule has 2 aromatic rings. The van der Waals surface area contributed by atoms with Gasteiger partial charge in [0.05, 0.1) is 12.1 Å². The van der Waals surface area contributed by atoms with Crippen LogP contribution >= 0.6 is 11.3 Å². The molecule has 0 spiro atoms. The summed E-state index contributed by atoms with van der Waals surface area (Å²) in [7, 11) is 0. The van der Waals surface area contributed by atoms with Crippen molar-refractivity contribution in [3.8, 4) is 0 Å². The van der Waals surface area contributed by atoms with E-state index < -0.39 is 0 Å². The van der Waals surface area contributed by atoms with Crippen molar-refractivity contribution in [2.45, 2.75) is 26.3 Å². The van der Waals surface area contributed by atoms with Crippen molar-refractivity contribution in [3.05, 3.63) is 34.0 Å². The Morgan fingerprint density at radius 3 is 3.00 bits per heavy atom. The number of carbonyl (C=O) groups excluding carboxylic acids is 1. The second-order valence-corrected chi connectivity index (χ2v) is 6.27. The maximum atomic E-state index is 12.4. The summed E-state index contributed by atoms with van der Waals surface area (Å²) in [5.74, 6) is 1.92. The number of nitrogens with zero attached hydrogens (tertiary/aromatic N) is 4. The van der Waals surface area contributed by atoms with E-state index in [0.29, 0.717) is 0 Å². The van der Waals surface area contributed by atoms with E-state index in [4.69, 9.17) is 0 Å². The minimum Gasteiger partial charge on any atom is -0.337 e. The first-order valence-electron chi connectivity index (χ1n) is 7.70. The molecule has 0 radical (unpaired) electrons. The number of thiophene rings is 1. The Morgan fingerprint density at radius 1 is 1.36 bits per heavy atom. The van der Waals surface area contributed by atoms with E-state index in [1.165, 1.54) is 0 Å². The van der Waals surface area contributed by atoms with Crippen molar-refractivity contribution in [2.24, 2.45) is 0 Å². The molecule has 0 saturated carbocycles. The van der Waals surface area contributed by atoms with E-state index in [2.05, 4.69) is 20.1 Å². The van der Waals surface area contributed by atoms with Crippen LogP contribution in [-0.2, 0) is 13.0 Å². The molecule has 1 aliphatic heterocycles. The van der Waals surface area contributed by atoms with Gasteiger partial charge in [0, 0.05) is 38.0 Å². The number of aromatic amines is 1. The largest absolute Gasteiger partial charge is 0.337 e. The Morgan fingerprint density at radius 2 is 2.27 bits per heavy atom. The summed E-state index contributed by atoms with van der Waals surface area (Å²) in [6.07, 6.45) is 1.84. The van der Waals surface area contributed by atoms with Crippen LogP contribution in [0.25, 0.3) is 0 Å². The first kappa shape index (κ1) is 15.2. The third kappa shape index (κ3) is 3.53. The Hall–Kier alpha value is -1.73. The highest BCUT2D eigenvalue weighted by atomic mass is 32.1. The molecule has 1 fully saturated rings. The van der Waals surface area contributed by atoms with Crippen molar-refractivity contribution in [1.29, 1.82) is 0 Å². The lowest BCUT2D eigenvalue weighted by Gasteiger charge is -2.21. The second kappa shape index (κ2) is 7.02. The van der Waals surface area contributed by atoms with E-state index in [1.54, 1.807) is 11.3 Å². The van der Waals surface area contributed by atoms with Gasteiger partial charge in [-0.1, -0.05) is 6.92 Å². The topological polar surface area (TPSA) is 65.1 Å². The van der Waals surface area contributed by atoms with Gasteiger partial charge < -0.3 is 4.90 Å². The molecule has 2 aromatic heterocycles. The van der Waals surface area contributed by atoms with Crippen LogP contribution in [0.2, 0.25) is 0 Å². The average molecular weight is 319 g/mol. The molecule has 3 heterocycles. The monoisotopic (exact) mass is 319 g/mol. The Kier molecular flexibility index (Phi) is 4.84. The van der Waals surface area contributed by atoms with Gasteiger partial charge in [0.25, 0.3) is 5.91 Å². The minimum absolute atomic E-state index is 0.149. The molecule has 0 atom stereocenters. The Bertz CT molecular complexity index is 609. The van der Waals surface area contributed by atoms with Crippen LogP contribution in [0.15, 0.2) is 16.8 Å². The van der Waals surface area contributed by atoms with Gasteiger partial charge in [-0.05, 0) is 17.9 Å². The molecule has 3 rings (SSSR count). The van der Waals surface area contributed by atoms with Gasteiger partial charge in [-0.3, -0.25) is 14.8 Å². The number of hydrogen-bond acceptors (Lipinski definition) is 5. The average Bonchev–Trinajstić information content (AvgIpc) is 3.16. The van der Waals surface area contributed by atoms with Crippen molar-refractivity contribution >= 4 is 17.2 Å². The van der Waals surface area contributed by atoms with Gasteiger partial charge in [-0.25, -0.2) is 4.98 Å². The number of aryl methyl sites for hydroxylation is 1. The maximum Gasteiger partial charge on any atom is 0.254 e. The quantitative estimate of drug-likeness (QED) is 0.933. The lowest BCUT2D eigenvalue weighted by molar-refractivity contribution is 0.0761. The summed E-state index contributed by atoms with van der Waals surface area (Å²) >= 11 is 1.57. The second-order valence-electron chi connectivity index (χ2n) is 5.49. The van der Waals surface area contributed by atoms with E-state index in [0.717, 1.165) is 62.8 Å². The third-order valence-electron chi connectivity index (χ3n) is 3.91. The zero-order valence-corrected chi connectivity index (χ0v) is 13.6. The highest BCUT2D eigenvalue weighted by Crippen LogP contribution is 2.13. The third-order valence-corrected chi connectivity index (χ3v) is 4.59. The molecule has 6 nitrogen and oxygen atoms in total. The van der Waals surface area contributed by atoms with Crippen molar-refractivity contribution in [2.75, 3.05) is 26.2 Å². The van der Waals surface area contributed by atoms with Crippen molar-refractivity contribution < 1.29 is 4.79 Å². The number of carbonyl (C=O) groups is 1. The van der Waals surface area contributed by atoms with Gasteiger partial charge in [0.1, 0.15) is 11.6 Å². The first-order valence-corrected chi connectivity index (χ1v) is 8.64. The van der Waals surface area contributed by atoms with E-state index in [1.807, 2.05) is 28.7 Å². The number of hydrogen-bond donors (Lipinski definition) is 1. The standard InChI is InChI=1S/C15H21N5OS/c1-2-13-16-14(18-17-13)10-19-5-3-6-20(8-7-19)15(21)12-4-9-22-11-12/h4,9,11H,2-3,5-8,10H2,1H3,(H,16,17,18). The lowest BCUT2D eigenvalue weighted by atomic mass is 10.3. The molecule has 22 heavy (non-hydrogen) atoms. The molecule has 0 unspecified atom stereocenters. The Balaban J connectivity index is 1.56. The molecule has 7 heteroatoms. The summed E-state index contributed by atoms with van der Waals surface area (Å²) in [4.78, 5) is 21.2. The van der Waals surface area contributed by atoms with Gasteiger partial charge in [0.2, 0.25) is 0 Å². The predicted molar refractivity (Wildman–Crippen MR) is 85.9 cm³/mol. The maximum absolute atomic E-state index is 12.4. The molecule has 0 bridgehead atoms.